The summed E-state index contributed by atoms with van der Waals surface area (Å²) in [5, 5.41) is 2.48. The first-order valence-electron chi connectivity index (χ1n) is 25.4. The Hall–Kier alpha value is -8.66. The van der Waals surface area contributed by atoms with Gasteiger partial charge < -0.3 is 9.30 Å². The smallest absolute Gasteiger partial charge is 0.256 e. The van der Waals surface area contributed by atoms with Crippen LogP contribution in [0.25, 0.3) is 94.3 Å². The number of hydrogen-bond donors (Lipinski definition) is 0. The van der Waals surface area contributed by atoms with E-state index in [1.165, 1.54) is 122 Å². The number of rotatable bonds is 7. The maximum atomic E-state index is 7.32. The van der Waals surface area contributed by atoms with Crippen LogP contribution in [0.4, 0.5) is 0 Å². The number of allylic oxidation sites excluding steroid dienone is 4. The van der Waals surface area contributed by atoms with E-state index in [9.17, 15) is 0 Å². The third-order valence-electron chi connectivity index (χ3n) is 15.7. The SMILES string of the molecule is Cc1cc(C)c(-c2ccc3c(c2)B2c4c(cc(-c5ccccc5-c5ccccc5)cc4-n4c5ccc(-c6ccccc6-c6ccccc6)cc5c5cc(-c6ccccc6C6C=CC=CC6)cc2c54)O3)c(C)c1. The molecule has 14 rings (SSSR count). The Morgan fingerprint density at radius 3 is 1.72 bits per heavy atom. The number of ether oxygens (including phenoxy) is 1. The molecule has 0 fully saturated rings. The Bertz CT molecular complexity index is 4060. The van der Waals surface area contributed by atoms with E-state index in [1.807, 2.05) is 0 Å². The summed E-state index contributed by atoms with van der Waals surface area (Å²) < 4.78 is 9.90. The molecule has 3 heteroatoms. The van der Waals surface area contributed by atoms with Crippen molar-refractivity contribution in [2.24, 2.45) is 0 Å². The molecule has 2 aliphatic heterocycles. The molecule has 72 heavy (non-hydrogen) atoms. The minimum atomic E-state index is -0.106. The summed E-state index contributed by atoms with van der Waals surface area (Å²) in [5.74, 6) is 2.09. The van der Waals surface area contributed by atoms with E-state index in [0.717, 1.165) is 29.2 Å². The Labute approximate surface area is 421 Å². The van der Waals surface area contributed by atoms with Crippen LogP contribution in [-0.4, -0.2) is 11.3 Å². The molecule has 10 aromatic carbocycles. The Morgan fingerprint density at radius 1 is 0.458 bits per heavy atom. The predicted octanol–water partition coefficient (Wildman–Crippen LogP) is 16.2. The van der Waals surface area contributed by atoms with Crippen LogP contribution in [0.3, 0.4) is 0 Å². The standard InChI is InChI=1S/C69H50BNO/c1-43-35-44(2)67(45(3)36-43)50-32-34-65-61(39-50)70-62-40-51(57-29-17-14-26-54(57)47-21-9-5-10-22-47)38-60-59-37-49(56-28-16-13-25-53(56)46-19-7-4-8-20-46)31-33-63(59)71(69(60)62)64-41-52(42-66(72-65)68(64)70)58-30-18-15-27-55(58)48-23-11-6-12-24-48/h4-21,23-42,47H,22H2,1-3H3. The van der Waals surface area contributed by atoms with Gasteiger partial charge in [-0.05, 0) is 163 Å². The van der Waals surface area contributed by atoms with Crippen LogP contribution in [0.15, 0.2) is 231 Å². The van der Waals surface area contributed by atoms with Gasteiger partial charge in [-0.25, -0.2) is 0 Å². The monoisotopic (exact) mass is 919 g/mol. The predicted molar refractivity (Wildman–Crippen MR) is 304 cm³/mol. The van der Waals surface area contributed by atoms with Crippen LogP contribution in [0.2, 0.25) is 0 Å². The van der Waals surface area contributed by atoms with Crippen LogP contribution in [0.1, 0.15) is 34.6 Å². The van der Waals surface area contributed by atoms with Gasteiger partial charge in [0.1, 0.15) is 11.5 Å². The highest BCUT2D eigenvalue weighted by Gasteiger charge is 2.42. The zero-order valence-corrected chi connectivity index (χ0v) is 40.7. The quantitative estimate of drug-likeness (QED) is 0.145. The number of aryl methyl sites for hydroxylation is 3. The molecule has 1 aliphatic carbocycles. The van der Waals surface area contributed by atoms with Gasteiger partial charge in [-0.1, -0.05) is 200 Å². The van der Waals surface area contributed by atoms with Crippen LogP contribution in [-0.2, 0) is 0 Å². The summed E-state index contributed by atoms with van der Waals surface area (Å²) in [7, 11) is 0. The first-order valence-corrected chi connectivity index (χ1v) is 25.4. The van der Waals surface area contributed by atoms with Gasteiger partial charge in [0.2, 0.25) is 0 Å². The number of aromatic nitrogens is 1. The third-order valence-corrected chi connectivity index (χ3v) is 15.7. The average molecular weight is 920 g/mol. The zero-order chi connectivity index (χ0) is 48.0. The van der Waals surface area contributed by atoms with Crippen molar-refractivity contribution in [3.05, 3.63) is 253 Å². The van der Waals surface area contributed by atoms with Gasteiger partial charge in [0.05, 0.1) is 5.52 Å². The van der Waals surface area contributed by atoms with E-state index in [0.29, 0.717) is 0 Å². The van der Waals surface area contributed by atoms with Crippen molar-refractivity contribution in [3.8, 4) is 83.9 Å². The Kier molecular flexibility index (Phi) is 9.83. The minimum absolute atomic E-state index is 0.106. The molecule has 3 heterocycles. The van der Waals surface area contributed by atoms with Crippen molar-refractivity contribution >= 4 is 44.9 Å². The molecule has 0 spiro atoms. The first kappa shape index (κ1) is 42.2. The van der Waals surface area contributed by atoms with Gasteiger partial charge in [0, 0.05) is 27.9 Å². The van der Waals surface area contributed by atoms with E-state index in [-0.39, 0.29) is 12.6 Å². The van der Waals surface area contributed by atoms with Crippen LogP contribution >= 0.6 is 0 Å². The normalized spacial score (nSPS) is 14.1. The molecule has 1 unspecified atom stereocenters. The van der Waals surface area contributed by atoms with Crippen LogP contribution in [0, 0.1) is 20.8 Å². The lowest BCUT2D eigenvalue weighted by Crippen LogP contribution is -2.58. The third kappa shape index (κ3) is 6.72. The summed E-state index contributed by atoms with van der Waals surface area (Å²) in [6.07, 6.45) is 10.0. The highest BCUT2D eigenvalue weighted by Crippen LogP contribution is 2.45. The van der Waals surface area contributed by atoms with E-state index in [1.54, 1.807) is 0 Å². The summed E-state index contributed by atoms with van der Waals surface area (Å²) in [5.41, 5.74) is 27.0. The lowest BCUT2D eigenvalue weighted by atomic mass is 9.34. The topological polar surface area (TPSA) is 14.2 Å². The Morgan fingerprint density at radius 2 is 1.04 bits per heavy atom. The second-order valence-corrected chi connectivity index (χ2v) is 20.1. The molecule has 1 aromatic heterocycles. The van der Waals surface area contributed by atoms with Gasteiger partial charge in [-0.3, -0.25) is 0 Å². The van der Waals surface area contributed by atoms with Crippen LogP contribution in [0.5, 0.6) is 11.5 Å². The number of fused-ring (bicyclic) bond motifs is 7. The molecule has 1 atom stereocenters. The fourth-order valence-electron chi connectivity index (χ4n) is 12.7. The molecule has 340 valence electrons. The maximum Gasteiger partial charge on any atom is 0.256 e. The van der Waals surface area contributed by atoms with Gasteiger partial charge in [0.25, 0.3) is 6.71 Å². The minimum Gasteiger partial charge on any atom is -0.458 e. The van der Waals surface area contributed by atoms with Crippen molar-refractivity contribution < 1.29 is 4.74 Å². The lowest BCUT2D eigenvalue weighted by molar-refractivity contribution is 0.487. The van der Waals surface area contributed by atoms with E-state index < -0.39 is 0 Å². The van der Waals surface area contributed by atoms with E-state index >= 15 is 0 Å². The number of nitrogens with zero attached hydrogens (tertiary/aromatic N) is 1. The molecular weight excluding hydrogens is 870 g/mol. The molecule has 0 amide bonds. The molecule has 0 bridgehead atoms. The Balaban J connectivity index is 1.09. The van der Waals surface area contributed by atoms with Crippen LogP contribution < -0.4 is 21.1 Å². The van der Waals surface area contributed by atoms with E-state index in [2.05, 4.69) is 256 Å². The highest BCUT2D eigenvalue weighted by atomic mass is 16.5. The molecule has 0 N–H and O–H groups in total. The fraction of sp³-hybridized carbons (Fsp3) is 0.0725. The molecular formula is C69H50BNO. The largest absolute Gasteiger partial charge is 0.458 e. The summed E-state index contributed by atoms with van der Waals surface area (Å²) in [4.78, 5) is 0. The van der Waals surface area contributed by atoms with Crippen molar-refractivity contribution in [1.29, 1.82) is 0 Å². The van der Waals surface area contributed by atoms with Crippen molar-refractivity contribution in [2.75, 3.05) is 0 Å². The molecule has 3 aliphatic rings. The molecule has 2 nitrogen and oxygen atoms in total. The molecule has 0 saturated heterocycles. The average Bonchev–Trinajstić information content (AvgIpc) is 3.76. The summed E-state index contributed by atoms with van der Waals surface area (Å²) in [6.45, 7) is 6.59. The van der Waals surface area contributed by atoms with Gasteiger partial charge >= 0.3 is 0 Å². The fourth-order valence-corrected chi connectivity index (χ4v) is 12.7. The van der Waals surface area contributed by atoms with Gasteiger partial charge in [-0.15, -0.1) is 0 Å². The highest BCUT2D eigenvalue weighted by molar-refractivity contribution is 6.99. The number of hydrogen-bond acceptors (Lipinski definition) is 1. The van der Waals surface area contributed by atoms with Gasteiger partial charge in [-0.2, -0.15) is 0 Å². The van der Waals surface area contributed by atoms with Crippen molar-refractivity contribution in [1.82, 2.24) is 4.57 Å². The van der Waals surface area contributed by atoms with Crippen molar-refractivity contribution in [3.63, 3.8) is 0 Å². The van der Waals surface area contributed by atoms with Gasteiger partial charge in [0.15, 0.2) is 0 Å². The second kappa shape index (κ2) is 16.8. The lowest BCUT2D eigenvalue weighted by Gasteiger charge is -2.34. The van der Waals surface area contributed by atoms with E-state index in [4.69, 9.17) is 4.74 Å². The number of benzene rings is 10. The molecule has 0 saturated carbocycles. The maximum absolute atomic E-state index is 7.32. The van der Waals surface area contributed by atoms with Crippen molar-refractivity contribution in [2.45, 2.75) is 33.1 Å². The summed E-state index contributed by atoms with van der Waals surface area (Å²) in [6, 6.07) is 76.9. The second-order valence-electron chi connectivity index (χ2n) is 20.1. The first-order chi connectivity index (χ1) is 35.4. The molecule has 11 aromatic rings. The molecule has 0 radical (unpaired) electrons. The zero-order valence-electron chi connectivity index (χ0n) is 40.7. The summed E-state index contributed by atoms with van der Waals surface area (Å²) >= 11 is 0.